The van der Waals surface area contributed by atoms with Crippen molar-refractivity contribution in [3.63, 3.8) is 0 Å². The monoisotopic (exact) mass is 322 g/mol. The van der Waals surface area contributed by atoms with Gasteiger partial charge >= 0.3 is 0 Å². The number of terminal acetylenes is 1. The Labute approximate surface area is 145 Å². The Morgan fingerprint density at radius 1 is 1.25 bits per heavy atom. The zero-order valence-corrected chi connectivity index (χ0v) is 14.4. The number of fused-ring (bicyclic) bond motifs is 1. The number of rotatable bonds is 6. The van der Waals surface area contributed by atoms with Crippen molar-refractivity contribution >= 4 is 5.91 Å². The SMILES string of the molecule is C#CCN(Cc1ccc(C)cc1)CC1C2CN(C(=O)C3CC3)CC12. The Bertz CT molecular complexity index is 643. The number of piperidine rings is 1. The molecule has 24 heavy (non-hydrogen) atoms. The van der Waals surface area contributed by atoms with Crippen LogP contribution in [0.4, 0.5) is 0 Å². The van der Waals surface area contributed by atoms with Gasteiger partial charge in [0.05, 0.1) is 6.54 Å². The number of carbonyl (C=O) groups excluding carboxylic acids is 1. The largest absolute Gasteiger partial charge is 0.342 e. The first-order valence-corrected chi connectivity index (χ1v) is 9.16. The van der Waals surface area contributed by atoms with E-state index in [1.54, 1.807) is 0 Å². The average Bonchev–Trinajstić information content (AvgIpc) is 3.48. The molecule has 2 saturated carbocycles. The van der Waals surface area contributed by atoms with Crippen molar-refractivity contribution in [3.8, 4) is 12.3 Å². The molecule has 0 spiro atoms. The maximum absolute atomic E-state index is 12.2. The van der Waals surface area contributed by atoms with Crippen LogP contribution in [0.5, 0.6) is 0 Å². The van der Waals surface area contributed by atoms with Gasteiger partial charge in [-0.3, -0.25) is 9.69 Å². The maximum Gasteiger partial charge on any atom is 0.225 e. The number of benzene rings is 1. The Hall–Kier alpha value is -1.79. The molecule has 0 aromatic heterocycles. The highest BCUT2D eigenvalue weighted by atomic mass is 16.2. The standard InChI is InChI=1S/C21H26N2O/c1-3-10-22(11-16-6-4-15(2)5-7-16)12-18-19-13-23(14-20(18)19)21(24)17-8-9-17/h1,4-7,17-20H,8-14H2,2H3. The molecule has 0 bridgehead atoms. The summed E-state index contributed by atoms with van der Waals surface area (Å²) < 4.78 is 0. The van der Waals surface area contributed by atoms with E-state index in [2.05, 4.69) is 46.9 Å². The van der Waals surface area contributed by atoms with Crippen LogP contribution in [0, 0.1) is 42.9 Å². The van der Waals surface area contributed by atoms with Crippen molar-refractivity contribution in [3.05, 3.63) is 35.4 Å². The normalized spacial score (nSPS) is 27.9. The molecule has 1 saturated heterocycles. The minimum absolute atomic E-state index is 0.362. The Morgan fingerprint density at radius 3 is 2.50 bits per heavy atom. The van der Waals surface area contributed by atoms with Crippen molar-refractivity contribution in [1.82, 2.24) is 9.80 Å². The first-order valence-electron chi connectivity index (χ1n) is 9.16. The smallest absolute Gasteiger partial charge is 0.225 e. The minimum atomic E-state index is 0.362. The van der Waals surface area contributed by atoms with Crippen LogP contribution in [-0.4, -0.2) is 41.9 Å². The lowest BCUT2D eigenvalue weighted by Crippen LogP contribution is -2.35. The molecule has 1 aromatic carbocycles. The van der Waals surface area contributed by atoms with Crippen molar-refractivity contribution < 1.29 is 4.79 Å². The third-order valence-corrected chi connectivity index (χ3v) is 5.92. The molecule has 0 radical (unpaired) electrons. The van der Waals surface area contributed by atoms with Gasteiger partial charge in [0.15, 0.2) is 0 Å². The van der Waals surface area contributed by atoms with Gasteiger partial charge in [0, 0.05) is 32.1 Å². The Morgan fingerprint density at radius 2 is 1.92 bits per heavy atom. The predicted molar refractivity (Wildman–Crippen MR) is 95.1 cm³/mol. The van der Waals surface area contributed by atoms with E-state index in [-0.39, 0.29) is 0 Å². The lowest BCUT2D eigenvalue weighted by Gasteiger charge is -2.24. The van der Waals surface area contributed by atoms with Crippen LogP contribution in [-0.2, 0) is 11.3 Å². The lowest BCUT2D eigenvalue weighted by atomic mass is 10.1. The molecule has 0 N–H and O–H groups in total. The number of nitrogens with zero attached hydrogens (tertiary/aromatic N) is 2. The molecule has 3 heteroatoms. The van der Waals surface area contributed by atoms with Crippen LogP contribution in [0.2, 0.25) is 0 Å². The molecule has 126 valence electrons. The van der Waals surface area contributed by atoms with Crippen LogP contribution in [0.25, 0.3) is 0 Å². The Balaban J connectivity index is 1.30. The zero-order chi connectivity index (χ0) is 16.7. The fraction of sp³-hybridized carbons (Fsp3) is 0.571. The fourth-order valence-electron chi connectivity index (χ4n) is 4.25. The highest BCUT2D eigenvalue weighted by molar-refractivity contribution is 5.81. The van der Waals surface area contributed by atoms with E-state index in [0.717, 1.165) is 44.9 Å². The third kappa shape index (κ3) is 3.21. The molecule has 2 atom stereocenters. The molecular formula is C21H26N2O. The van der Waals surface area contributed by atoms with Crippen molar-refractivity contribution in [2.24, 2.45) is 23.7 Å². The van der Waals surface area contributed by atoms with Crippen LogP contribution in [0.3, 0.4) is 0 Å². The van der Waals surface area contributed by atoms with Gasteiger partial charge in [-0.1, -0.05) is 35.7 Å². The third-order valence-electron chi connectivity index (χ3n) is 5.92. The molecule has 1 amide bonds. The van der Waals surface area contributed by atoms with Crippen molar-refractivity contribution in [2.45, 2.75) is 26.3 Å². The van der Waals surface area contributed by atoms with E-state index < -0.39 is 0 Å². The molecule has 2 aliphatic carbocycles. The zero-order valence-electron chi connectivity index (χ0n) is 14.4. The molecule has 4 rings (SSSR count). The Kier molecular flexibility index (Phi) is 4.10. The first kappa shape index (κ1) is 15.7. The number of likely N-dealkylation sites (tertiary alicyclic amines) is 1. The van der Waals surface area contributed by atoms with E-state index >= 15 is 0 Å². The van der Waals surface area contributed by atoms with Gasteiger partial charge in [0.1, 0.15) is 0 Å². The predicted octanol–water partition coefficient (Wildman–Crippen LogP) is 2.54. The number of carbonyl (C=O) groups is 1. The summed E-state index contributed by atoms with van der Waals surface area (Å²) in [4.78, 5) is 16.7. The minimum Gasteiger partial charge on any atom is -0.342 e. The summed E-state index contributed by atoms with van der Waals surface area (Å²) in [5, 5.41) is 0. The van der Waals surface area contributed by atoms with Crippen LogP contribution >= 0.6 is 0 Å². The summed E-state index contributed by atoms with van der Waals surface area (Å²) in [6.45, 7) is 6.78. The first-order chi connectivity index (χ1) is 11.7. The fourth-order valence-corrected chi connectivity index (χ4v) is 4.25. The molecule has 3 nitrogen and oxygen atoms in total. The second-order valence-corrected chi connectivity index (χ2v) is 7.87. The van der Waals surface area contributed by atoms with Crippen molar-refractivity contribution in [2.75, 3.05) is 26.2 Å². The van der Waals surface area contributed by atoms with Gasteiger partial charge in [-0.05, 0) is 43.1 Å². The van der Waals surface area contributed by atoms with E-state index in [4.69, 9.17) is 6.42 Å². The summed E-state index contributed by atoms with van der Waals surface area (Å²) in [6.07, 6.45) is 7.80. The van der Waals surface area contributed by atoms with Gasteiger partial charge < -0.3 is 4.90 Å². The maximum atomic E-state index is 12.2. The van der Waals surface area contributed by atoms with E-state index in [1.807, 2.05) is 0 Å². The molecule has 3 aliphatic rings. The molecule has 1 aliphatic heterocycles. The van der Waals surface area contributed by atoms with Gasteiger partial charge in [0.25, 0.3) is 0 Å². The highest BCUT2D eigenvalue weighted by Gasteiger charge is 2.57. The van der Waals surface area contributed by atoms with Gasteiger partial charge in [-0.15, -0.1) is 6.42 Å². The molecule has 3 fully saturated rings. The molecule has 1 heterocycles. The topological polar surface area (TPSA) is 23.6 Å². The average molecular weight is 322 g/mol. The quantitative estimate of drug-likeness (QED) is 0.752. The van der Waals surface area contributed by atoms with E-state index in [9.17, 15) is 4.79 Å². The summed E-state index contributed by atoms with van der Waals surface area (Å²) in [5.74, 6) is 5.75. The van der Waals surface area contributed by atoms with Crippen molar-refractivity contribution in [1.29, 1.82) is 0 Å². The van der Waals surface area contributed by atoms with Gasteiger partial charge in [-0.25, -0.2) is 0 Å². The summed E-state index contributed by atoms with van der Waals surface area (Å²) >= 11 is 0. The summed E-state index contributed by atoms with van der Waals surface area (Å²) in [6, 6.07) is 8.72. The number of aryl methyl sites for hydroxylation is 1. The summed E-state index contributed by atoms with van der Waals surface area (Å²) in [5.41, 5.74) is 2.62. The van der Waals surface area contributed by atoms with Gasteiger partial charge in [0.2, 0.25) is 5.91 Å². The summed E-state index contributed by atoms with van der Waals surface area (Å²) in [7, 11) is 0. The number of hydrogen-bond donors (Lipinski definition) is 0. The second kappa shape index (κ2) is 6.26. The van der Waals surface area contributed by atoms with Crippen LogP contribution in [0.1, 0.15) is 24.0 Å². The molecule has 2 unspecified atom stereocenters. The second-order valence-electron chi connectivity index (χ2n) is 7.87. The van der Waals surface area contributed by atoms with Gasteiger partial charge in [-0.2, -0.15) is 0 Å². The van der Waals surface area contributed by atoms with E-state index in [0.29, 0.717) is 30.2 Å². The highest BCUT2D eigenvalue weighted by Crippen LogP contribution is 2.52. The molecular weight excluding hydrogens is 296 g/mol. The lowest BCUT2D eigenvalue weighted by molar-refractivity contribution is -0.132. The van der Waals surface area contributed by atoms with Crippen LogP contribution in [0.15, 0.2) is 24.3 Å². The molecule has 1 aromatic rings. The number of hydrogen-bond acceptors (Lipinski definition) is 2. The van der Waals surface area contributed by atoms with E-state index in [1.165, 1.54) is 11.1 Å². The number of amides is 1. The van der Waals surface area contributed by atoms with Crippen LogP contribution < -0.4 is 0 Å².